The number of ether oxygens (including phenoxy) is 1. The third kappa shape index (κ3) is 5.34. The van der Waals surface area contributed by atoms with Crippen LogP contribution in [0.2, 0.25) is 0 Å². The molecule has 1 saturated heterocycles. The molecule has 31 heavy (non-hydrogen) atoms. The summed E-state index contributed by atoms with van der Waals surface area (Å²) < 4.78 is 5.55. The van der Waals surface area contributed by atoms with Crippen LogP contribution in [0.15, 0.2) is 60.7 Å². The fourth-order valence-electron chi connectivity index (χ4n) is 4.77. The number of hydrogen-bond acceptors (Lipinski definition) is 4. The van der Waals surface area contributed by atoms with Gasteiger partial charge in [-0.05, 0) is 44.2 Å². The molecule has 1 heterocycles. The largest absolute Gasteiger partial charge is 0.481 e. The zero-order chi connectivity index (χ0) is 22.6. The zero-order valence-corrected chi connectivity index (χ0v) is 18.9. The zero-order valence-electron chi connectivity index (χ0n) is 18.9. The number of benzene rings is 2. The Morgan fingerprint density at radius 1 is 1.03 bits per heavy atom. The highest BCUT2D eigenvalue weighted by molar-refractivity contribution is 5.84. The fraction of sp³-hybridized carbons (Fsp3) is 0.462. The summed E-state index contributed by atoms with van der Waals surface area (Å²) in [5.74, 6) is -1.58. The van der Waals surface area contributed by atoms with Crippen molar-refractivity contribution >= 4 is 11.9 Å². The quantitative estimate of drug-likeness (QED) is 0.662. The SMILES string of the molecule is CC1CN(Cc2ccccc2)C(Cc2ccccc2)C1(CC(=O)OC(C)(C)C)C(=O)O. The maximum Gasteiger partial charge on any atom is 0.312 e. The molecule has 3 atom stereocenters. The maximum absolute atomic E-state index is 12.8. The fourth-order valence-corrected chi connectivity index (χ4v) is 4.77. The number of carbonyl (C=O) groups excluding carboxylic acids is 1. The Labute approximate surface area is 185 Å². The molecule has 0 spiro atoms. The van der Waals surface area contributed by atoms with Gasteiger partial charge in [-0.2, -0.15) is 0 Å². The van der Waals surface area contributed by atoms with E-state index in [1.165, 1.54) is 0 Å². The van der Waals surface area contributed by atoms with Crippen LogP contribution in [0.5, 0.6) is 0 Å². The van der Waals surface area contributed by atoms with Gasteiger partial charge in [-0.1, -0.05) is 67.6 Å². The van der Waals surface area contributed by atoms with Crippen molar-refractivity contribution in [1.82, 2.24) is 4.90 Å². The summed E-state index contributed by atoms with van der Waals surface area (Å²) in [6, 6.07) is 19.7. The number of likely N-dealkylation sites (tertiary alicyclic amines) is 1. The van der Waals surface area contributed by atoms with Gasteiger partial charge in [0.25, 0.3) is 0 Å². The van der Waals surface area contributed by atoms with Crippen LogP contribution < -0.4 is 0 Å². The number of carboxylic acids is 1. The van der Waals surface area contributed by atoms with Gasteiger partial charge in [-0.25, -0.2) is 0 Å². The van der Waals surface area contributed by atoms with E-state index in [-0.39, 0.29) is 18.4 Å². The number of rotatable bonds is 7. The van der Waals surface area contributed by atoms with Gasteiger partial charge in [0.15, 0.2) is 0 Å². The van der Waals surface area contributed by atoms with E-state index in [1.807, 2.05) is 55.5 Å². The third-order valence-corrected chi connectivity index (χ3v) is 6.18. The molecule has 5 heteroatoms. The second-order valence-electron chi connectivity index (χ2n) is 9.63. The van der Waals surface area contributed by atoms with E-state index in [0.29, 0.717) is 19.5 Å². The van der Waals surface area contributed by atoms with Crippen LogP contribution in [0.25, 0.3) is 0 Å². The molecular formula is C26H33NO4. The molecule has 5 nitrogen and oxygen atoms in total. The van der Waals surface area contributed by atoms with Crippen molar-refractivity contribution in [2.75, 3.05) is 6.54 Å². The lowest BCUT2D eigenvalue weighted by molar-refractivity contribution is -0.168. The predicted molar refractivity (Wildman–Crippen MR) is 120 cm³/mol. The van der Waals surface area contributed by atoms with Crippen molar-refractivity contribution in [3.63, 3.8) is 0 Å². The van der Waals surface area contributed by atoms with Crippen molar-refractivity contribution in [2.24, 2.45) is 11.3 Å². The van der Waals surface area contributed by atoms with Crippen molar-refractivity contribution in [2.45, 2.75) is 58.7 Å². The van der Waals surface area contributed by atoms with Gasteiger partial charge in [0.05, 0.1) is 11.8 Å². The highest BCUT2D eigenvalue weighted by atomic mass is 16.6. The second kappa shape index (κ2) is 9.23. The van der Waals surface area contributed by atoms with E-state index < -0.39 is 23.0 Å². The van der Waals surface area contributed by atoms with Gasteiger partial charge in [0.1, 0.15) is 5.60 Å². The predicted octanol–water partition coefficient (Wildman–Crippen LogP) is 4.55. The average Bonchev–Trinajstić information content (AvgIpc) is 2.94. The van der Waals surface area contributed by atoms with Crippen LogP contribution in [0.3, 0.4) is 0 Å². The van der Waals surface area contributed by atoms with Gasteiger partial charge >= 0.3 is 11.9 Å². The monoisotopic (exact) mass is 423 g/mol. The third-order valence-electron chi connectivity index (χ3n) is 6.18. The molecule has 1 aliphatic heterocycles. The molecule has 3 unspecified atom stereocenters. The smallest absolute Gasteiger partial charge is 0.312 e. The number of nitrogens with zero attached hydrogens (tertiary/aromatic N) is 1. The summed E-state index contributed by atoms with van der Waals surface area (Å²) in [6.45, 7) is 8.62. The van der Waals surface area contributed by atoms with Crippen LogP contribution in [0, 0.1) is 11.3 Å². The first-order chi connectivity index (χ1) is 14.6. The number of carboxylic acid groups (broad SMARTS) is 1. The lowest BCUT2D eigenvalue weighted by Crippen LogP contribution is -2.49. The molecule has 0 aliphatic carbocycles. The molecular weight excluding hydrogens is 390 g/mol. The molecule has 0 aromatic heterocycles. The Hall–Kier alpha value is -2.66. The Morgan fingerprint density at radius 3 is 2.10 bits per heavy atom. The summed E-state index contributed by atoms with van der Waals surface area (Å²) in [5, 5.41) is 10.5. The van der Waals surface area contributed by atoms with Gasteiger partial charge in [-0.3, -0.25) is 14.5 Å². The van der Waals surface area contributed by atoms with Crippen LogP contribution in [-0.4, -0.2) is 40.1 Å². The first kappa shape index (κ1) is 23.0. The van der Waals surface area contributed by atoms with E-state index in [0.717, 1.165) is 11.1 Å². The van der Waals surface area contributed by atoms with E-state index >= 15 is 0 Å². The molecule has 1 fully saturated rings. The van der Waals surface area contributed by atoms with Crippen molar-refractivity contribution in [3.8, 4) is 0 Å². The minimum Gasteiger partial charge on any atom is -0.481 e. The molecule has 0 amide bonds. The first-order valence-corrected chi connectivity index (χ1v) is 10.9. The molecule has 1 N–H and O–H groups in total. The van der Waals surface area contributed by atoms with Crippen molar-refractivity contribution < 1.29 is 19.4 Å². The van der Waals surface area contributed by atoms with Crippen LogP contribution in [-0.2, 0) is 27.3 Å². The van der Waals surface area contributed by atoms with Crippen LogP contribution in [0.4, 0.5) is 0 Å². The number of esters is 1. The van der Waals surface area contributed by atoms with E-state index in [9.17, 15) is 14.7 Å². The number of hydrogen-bond donors (Lipinski definition) is 1. The molecule has 2 aromatic rings. The van der Waals surface area contributed by atoms with Gasteiger partial charge in [0, 0.05) is 19.1 Å². The van der Waals surface area contributed by atoms with E-state index in [1.54, 1.807) is 20.8 Å². The Bertz CT molecular complexity index is 891. The minimum atomic E-state index is -1.22. The van der Waals surface area contributed by atoms with E-state index in [2.05, 4.69) is 17.0 Å². The normalized spacial score (nSPS) is 24.1. The molecule has 1 aliphatic rings. The van der Waals surface area contributed by atoms with E-state index in [4.69, 9.17) is 4.74 Å². The molecule has 0 bridgehead atoms. The van der Waals surface area contributed by atoms with Gasteiger partial charge < -0.3 is 9.84 Å². The second-order valence-corrected chi connectivity index (χ2v) is 9.63. The lowest BCUT2D eigenvalue weighted by atomic mass is 9.69. The van der Waals surface area contributed by atoms with Crippen LogP contribution in [0.1, 0.15) is 45.2 Å². The molecule has 0 saturated carbocycles. The molecule has 0 radical (unpaired) electrons. The maximum atomic E-state index is 12.8. The van der Waals surface area contributed by atoms with Crippen LogP contribution >= 0.6 is 0 Å². The van der Waals surface area contributed by atoms with Gasteiger partial charge in [-0.15, -0.1) is 0 Å². The first-order valence-electron chi connectivity index (χ1n) is 10.9. The Kier molecular flexibility index (Phi) is 6.85. The highest BCUT2D eigenvalue weighted by Crippen LogP contribution is 2.47. The summed E-state index contributed by atoms with van der Waals surface area (Å²) >= 11 is 0. The summed E-state index contributed by atoms with van der Waals surface area (Å²) in [4.78, 5) is 27.9. The molecule has 2 aromatic carbocycles. The Morgan fingerprint density at radius 2 is 1.58 bits per heavy atom. The summed E-state index contributed by atoms with van der Waals surface area (Å²) in [5.41, 5.74) is 0.324. The lowest BCUT2D eigenvalue weighted by Gasteiger charge is -2.37. The topological polar surface area (TPSA) is 66.8 Å². The number of aliphatic carboxylic acids is 1. The summed E-state index contributed by atoms with van der Waals surface area (Å²) in [7, 11) is 0. The molecule has 3 rings (SSSR count). The average molecular weight is 424 g/mol. The Balaban J connectivity index is 1.98. The minimum absolute atomic E-state index is 0.135. The highest BCUT2D eigenvalue weighted by Gasteiger charge is 2.58. The summed E-state index contributed by atoms with van der Waals surface area (Å²) in [6.07, 6.45) is 0.427. The van der Waals surface area contributed by atoms with Crippen molar-refractivity contribution in [1.29, 1.82) is 0 Å². The number of carbonyl (C=O) groups is 2. The standard InChI is InChI=1S/C26H33NO4/c1-19-17-27(18-21-13-9-6-10-14-21)22(15-20-11-7-5-8-12-20)26(19,24(29)30)16-23(28)31-25(2,3)4/h5-14,19,22H,15-18H2,1-4H3,(H,29,30). The van der Waals surface area contributed by atoms with Crippen molar-refractivity contribution in [3.05, 3.63) is 71.8 Å². The molecule has 166 valence electrons. The van der Waals surface area contributed by atoms with Gasteiger partial charge in [0.2, 0.25) is 0 Å².